The van der Waals surface area contributed by atoms with Crippen LogP contribution in [-0.2, 0) is 6.54 Å². The van der Waals surface area contributed by atoms with Crippen LogP contribution >= 0.6 is 0 Å². The minimum Gasteiger partial charge on any atom is -0.355 e. The van der Waals surface area contributed by atoms with Crippen molar-refractivity contribution in [2.75, 3.05) is 11.9 Å². The molecule has 0 aliphatic heterocycles. The zero-order chi connectivity index (χ0) is 17.2. The molecule has 5 heteroatoms. The van der Waals surface area contributed by atoms with Crippen LogP contribution in [0.1, 0.15) is 11.1 Å². The molecule has 0 aliphatic rings. The van der Waals surface area contributed by atoms with Crippen LogP contribution in [0, 0.1) is 6.92 Å². The lowest BCUT2D eigenvalue weighted by Crippen LogP contribution is -2.20. The van der Waals surface area contributed by atoms with Gasteiger partial charge in [0.05, 0.1) is 11.9 Å². The Morgan fingerprint density at radius 3 is 2.68 bits per heavy atom. The van der Waals surface area contributed by atoms with Gasteiger partial charge in [0.25, 0.3) is 0 Å². The summed E-state index contributed by atoms with van der Waals surface area (Å²) in [7, 11) is 2.07. The quantitative estimate of drug-likeness (QED) is 0.572. The first-order valence-electron chi connectivity index (χ1n) is 8.23. The van der Waals surface area contributed by atoms with Crippen LogP contribution in [-0.4, -0.2) is 26.6 Å². The van der Waals surface area contributed by atoms with Gasteiger partial charge in [-0.05, 0) is 24.1 Å². The normalized spacial score (nSPS) is 11.0. The van der Waals surface area contributed by atoms with Gasteiger partial charge in [-0.15, -0.1) is 0 Å². The van der Waals surface area contributed by atoms with Crippen LogP contribution in [0.25, 0.3) is 16.9 Å². The molecule has 0 saturated carbocycles. The molecule has 0 bridgehead atoms. The standard InChI is InChI=1S/C20H19N5/c1-15-13-21-10-8-17(15)14-24(2)20-12-18(16-6-4-3-5-7-16)23-19-9-11-22-25(19)20/h3-13H,14H2,1-2H3. The molecule has 3 aromatic heterocycles. The highest BCUT2D eigenvalue weighted by molar-refractivity contribution is 5.66. The summed E-state index contributed by atoms with van der Waals surface area (Å²) in [5, 5.41) is 4.44. The lowest BCUT2D eigenvalue weighted by molar-refractivity contribution is 0.828. The molecule has 0 spiro atoms. The number of pyridine rings is 1. The number of anilines is 1. The third-order valence-corrected chi connectivity index (χ3v) is 4.35. The van der Waals surface area contributed by atoms with Crippen molar-refractivity contribution in [1.82, 2.24) is 19.6 Å². The van der Waals surface area contributed by atoms with Gasteiger partial charge in [0.2, 0.25) is 0 Å². The molecule has 124 valence electrons. The molecule has 0 saturated heterocycles. The number of aryl methyl sites for hydroxylation is 1. The predicted octanol–water partition coefficient (Wildman–Crippen LogP) is 3.74. The fraction of sp³-hybridized carbons (Fsp3) is 0.150. The fourth-order valence-corrected chi connectivity index (χ4v) is 2.94. The molecule has 4 aromatic rings. The molecule has 25 heavy (non-hydrogen) atoms. The Morgan fingerprint density at radius 2 is 1.88 bits per heavy atom. The van der Waals surface area contributed by atoms with Crippen molar-refractivity contribution in [3.8, 4) is 11.3 Å². The highest BCUT2D eigenvalue weighted by Gasteiger charge is 2.13. The lowest BCUT2D eigenvalue weighted by atomic mass is 10.1. The Balaban J connectivity index is 1.78. The van der Waals surface area contributed by atoms with Crippen molar-refractivity contribution in [2.24, 2.45) is 0 Å². The van der Waals surface area contributed by atoms with Crippen molar-refractivity contribution in [3.63, 3.8) is 0 Å². The molecule has 5 nitrogen and oxygen atoms in total. The van der Waals surface area contributed by atoms with Gasteiger partial charge in [0, 0.05) is 43.7 Å². The maximum Gasteiger partial charge on any atom is 0.157 e. The minimum atomic E-state index is 0.779. The predicted molar refractivity (Wildman–Crippen MR) is 99.5 cm³/mol. The molecular weight excluding hydrogens is 310 g/mol. The monoisotopic (exact) mass is 329 g/mol. The van der Waals surface area contributed by atoms with Gasteiger partial charge in [0.1, 0.15) is 5.82 Å². The van der Waals surface area contributed by atoms with Crippen molar-refractivity contribution in [1.29, 1.82) is 0 Å². The molecule has 0 fully saturated rings. The Hall–Kier alpha value is -3.21. The molecule has 0 radical (unpaired) electrons. The highest BCUT2D eigenvalue weighted by Crippen LogP contribution is 2.25. The van der Waals surface area contributed by atoms with Crippen LogP contribution in [0.3, 0.4) is 0 Å². The van der Waals surface area contributed by atoms with Crippen LogP contribution in [0.15, 0.2) is 67.1 Å². The summed E-state index contributed by atoms with van der Waals surface area (Å²) in [4.78, 5) is 11.1. The Labute approximate surface area is 146 Å². The van der Waals surface area contributed by atoms with Crippen molar-refractivity contribution in [3.05, 3.63) is 78.2 Å². The van der Waals surface area contributed by atoms with Crippen molar-refractivity contribution < 1.29 is 0 Å². The highest BCUT2D eigenvalue weighted by atomic mass is 15.3. The van der Waals surface area contributed by atoms with Gasteiger partial charge in [0.15, 0.2) is 5.65 Å². The van der Waals surface area contributed by atoms with Gasteiger partial charge in [-0.1, -0.05) is 30.3 Å². The summed E-state index contributed by atoms with van der Waals surface area (Å²) in [5.41, 5.74) is 5.32. The number of benzene rings is 1. The van der Waals surface area contributed by atoms with E-state index >= 15 is 0 Å². The minimum absolute atomic E-state index is 0.779. The Bertz CT molecular complexity index is 1010. The first-order valence-corrected chi connectivity index (χ1v) is 8.23. The van der Waals surface area contributed by atoms with Crippen LogP contribution in [0.5, 0.6) is 0 Å². The second-order valence-electron chi connectivity index (χ2n) is 6.13. The summed E-state index contributed by atoms with van der Waals surface area (Å²) >= 11 is 0. The largest absolute Gasteiger partial charge is 0.355 e. The SMILES string of the molecule is Cc1cnccc1CN(C)c1cc(-c2ccccc2)nc2ccnn12. The zero-order valence-electron chi connectivity index (χ0n) is 14.3. The summed E-state index contributed by atoms with van der Waals surface area (Å²) in [6.45, 7) is 2.86. The Morgan fingerprint density at radius 1 is 1.04 bits per heavy atom. The molecular formula is C20H19N5. The molecule has 0 aliphatic carbocycles. The molecule has 3 heterocycles. The van der Waals surface area contributed by atoms with E-state index < -0.39 is 0 Å². The number of rotatable bonds is 4. The van der Waals surface area contributed by atoms with Crippen LogP contribution in [0.2, 0.25) is 0 Å². The van der Waals surface area contributed by atoms with Crippen LogP contribution in [0.4, 0.5) is 5.82 Å². The van der Waals surface area contributed by atoms with E-state index in [1.165, 1.54) is 11.1 Å². The van der Waals surface area contributed by atoms with Gasteiger partial charge < -0.3 is 4.90 Å². The number of hydrogen-bond donors (Lipinski definition) is 0. The van der Waals surface area contributed by atoms with E-state index in [1.54, 1.807) is 6.20 Å². The maximum absolute atomic E-state index is 4.74. The van der Waals surface area contributed by atoms with Crippen molar-refractivity contribution >= 4 is 11.5 Å². The van der Waals surface area contributed by atoms with Gasteiger partial charge in [-0.3, -0.25) is 4.98 Å². The second kappa shape index (κ2) is 6.36. The van der Waals surface area contributed by atoms with E-state index in [4.69, 9.17) is 4.98 Å². The molecule has 0 amide bonds. The van der Waals surface area contributed by atoms with E-state index in [-0.39, 0.29) is 0 Å². The Kier molecular flexibility index (Phi) is 3.90. The zero-order valence-corrected chi connectivity index (χ0v) is 14.3. The molecule has 0 N–H and O–H groups in total. The van der Waals surface area contributed by atoms with E-state index in [1.807, 2.05) is 41.2 Å². The second-order valence-corrected chi connectivity index (χ2v) is 6.13. The van der Waals surface area contributed by atoms with Crippen LogP contribution < -0.4 is 4.90 Å². The molecule has 0 unspecified atom stereocenters. The smallest absolute Gasteiger partial charge is 0.157 e. The van der Waals surface area contributed by atoms with E-state index in [0.29, 0.717) is 0 Å². The summed E-state index contributed by atoms with van der Waals surface area (Å²) in [6.07, 6.45) is 5.52. The average Bonchev–Trinajstić information content (AvgIpc) is 3.12. The van der Waals surface area contributed by atoms with Gasteiger partial charge in [-0.2, -0.15) is 9.61 Å². The fourth-order valence-electron chi connectivity index (χ4n) is 2.94. The first kappa shape index (κ1) is 15.3. The van der Waals surface area contributed by atoms with Gasteiger partial charge in [-0.25, -0.2) is 4.98 Å². The maximum atomic E-state index is 4.74. The molecule has 4 rings (SSSR count). The number of aromatic nitrogens is 4. The number of fused-ring (bicyclic) bond motifs is 1. The summed E-state index contributed by atoms with van der Waals surface area (Å²) in [5.74, 6) is 1.00. The first-order chi connectivity index (χ1) is 12.2. The molecule has 0 atom stereocenters. The summed E-state index contributed by atoms with van der Waals surface area (Å²) < 4.78 is 1.88. The topological polar surface area (TPSA) is 46.3 Å². The van der Waals surface area contributed by atoms with E-state index in [9.17, 15) is 0 Å². The third kappa shape index (κ3) is 2.96. The average molecular weight is 329 g/mol. The third-order valence-electron chi connectivity index (χ3n) is 4.35. The van der Waals surface area contributed by atoms with E-state index in [0.717, 1.165) is 29.3 Å². The number of nitrogens with zero attached hydrogens (tertiary/aromatic N) is 5. The number of hydrogen-bond acceptors (Lipinski definition) is 4. The molecule has 1 aromatic carbocycles. The summed E-state index contributed by atoms with van der Waals surface area (Å²) in [6, 6.07) is 16.3. The lowest BCUT2D eigenvalue weighted by Gasteiger charge is -2.21. The van der Waals surface area contributed by atoms with E-state index in [2.05, 4.69) is 53.2 Å². The van der Waals surface area contributed by atoms with Crippen molar-refractivity contribution in [2.45, 2.75) is 13.5 Å². The van der Waals surface area contributed by atoms with Gasteiger partial charge >= 0.3 is 0 Å².